The molecule has 0 saturated carbocycles. The van der Waals surface area contributed by atoms with E-state index in [1.165, 1.54) is 0 Å². The van der Waals surface area contributed by atoms with E-state index in [2.05, 4.69) is 15.9 Å². The number of nitrogens with two attached hydrogens (primary N) is 1. The van der Waals surface area contributed by atoms with Crippen molar-refractivity contribution in [3.63, 3.8) is 0 Å². The van der Waals surface area contributed by atoms with Gasteiger partial charge in [0.15, 0.2) is 5.75 Å². The van der Waals surface area contributed by atoms with Gasteiger partial charge in [-0.05, 0) is 42.8 Å². The molecule has 2 aromatic carbocycles. The van der Waals surface area contributed by atoms with Gasteiger partial charge in [-0.1, -0.05) is 33.6 Å². The first-order valence-corrected chi connectivity index (χ1v) is 6.22. The third-order valence-electron chi connectivity index (χ3n) is 2.28. The highest BCUT2D eigenvalue weighted by Crippen LogP contribution is 2.34. The molecule has 0 radical (unpaired) electrons. The zero-order chi connectivity index (χ0) is 12.4. The highest BCUT2D eigenvalue weighted by molar-refractivity contribution is 9.10. The van der Waals surface area contributed by atoms with Crippen LogP contribution in [-0.2, 0) is 0 Å². The Kier molecular flexibility index (Phi) is 3.60. The highest BCUT2D eigenvalue weighted by Gasteiger charge is 2.06. The van der Waals surface area contributed by atoms with Crippen LogP contribution in [0, 0.1) is 6.92 Å². The standard InChI is InChI=1S/C13H11BrClNO/c1-8-2-5-11(16)13(6-8)17-12-7-9(14)3-4-10(12)15/h2-7H,16H2,1H3. The van der Waals surface area contributed by atoms with Crippen LogP contribution in [0.1, 0.15) is 5.56 Å². The van der Waals surface area contributed by atoms with E-state index in [-0.39, 0.29) is 0 Å². The van der Waals surface area contributed by atoms with Gasteiger partial charge in [0, 0.05) is 4.47 Å². The largest absolute Gasteiger partial charge is 0.454 e. The van der Waals surface area contributed by atoms with E-state index in [0.29, 0.717) is 22.2 Å². The van der Waals surface area contributed by atoms with Gasteiger partial charge in [0.2, 0.25) is 0 Å². The van der Waals surface area contributed by atoms with Crippen LogP contribution in [0.25, 0.3) is 0 Å². The molecule has 0 spiro atoms. The van der Waals surface area contributed by atoms with Crippen LogP contribution in [0.5, 0.6) is 11.5 Å². The molecule has 0 heterocycles. The maximum atomic E-state index is 6.05. The summed E-state index contributed by atoms with van der Waals surface area (Å²) in [4.78, 5) is 0. The van der Waals surface area contributed by atoms with Crippen molar-refractivity contribution in [2.45, 2.75) is 6.92 Å². The predicted molar refractivity (Wildman–Crippen MR) is 74.8 cm³/mol. The Morgan fingerprint density at radius 1 is 1.12 bits per heavy atom. The molecule has 0 amide bonds. The van der Waals surface area contributed by atoms with Crippen molar-refractivity contribution in [1.29, 1.82) is 0 Å². The van der Waals surface area contributed by atoms with Crippen molar-refractivity contribution < 1.29 is 4.74 Å². The van der Waals surface area contributed by atoms with Crippen LogP contribution >= 0.6 is 27.5 Å². The zero-order valence-electron chi connectivity index (χ0n) is 9.21. The van der Waals surface area contributed by atoms with Crippen molar-refractivity contribution >= 4 is 33.2 Å². The minimum Gasteiger partial charge on any atom is -0.454 e. The van der Waals surface area contributed by atoms with Gasteiger partial charge in [-0.2, -0.15) is 0 Å². The normalized spacial score (nSPS) is 10.3. The quantitative estimate of drug-likeness (QED) is 0.810. The lowest BCUT2D eigenvalue weighted by Gasteiger charge is -2.10. The van der Waals surface area contributed by atoms with Gasteiger partial charge in [-0.15, -0.1) is 0 Å². The smallest absolute Gasteiger partial charge is 0.150 e. The van der Waals surface area contributed by atoms with Crippen LogP contribution in [-0.4, -0.2) is 0 Å². The van der Waals surface area contributed by atoms with Crippen molar-refractivity contribution in [3.05, 3.63) is 51.5 Å². The Morgan fingerprint density at radius 2 is 1.88 bits per heavy atom. The Labute approximate surface area is 113 Å². The number of hydrogen-bond donors (Lipinski definition) is 1. The molecule has 17 heavy (non-hydrogen) atoms. The second-order valence-electron chi connectivity index (χ2n) is 3.72. The second-order valence-corrected chi connectivity index (χ2v) is 5.04. The molecule has 0 aliphatic heterocycles. The third-order valence-corrected chi connectivity index (χ3v) is 3.09. The summed E-state index contributed by atoms with van der Waals surface area (Å²) in [7, 11) is 0. The average molecular weight is 313 g/mol. The minimum atomic E-state index is 0.550. The Bertz CT molecular complexity index is 508. The van der Waals surface area contributed by atoms with E-state index in [0.717, 1.165) is 10.0 Å². The Hall–Kier alpha value is -1.19. The molecule has 0 saturated heterocycles. The van der Waals surface area contributed by atoms with Crippen LogP contribution in [0.3, 0.4) is 0 Å². The molecular formula is C13H11BrClNO. The molecule has 0 bridgehead atoms. The van der Waals surface area contributed by atoms with Crippen molar-refractivity contribution in [2.24, 2.45) is 0 Å². The molecule has 4 heteroatoms. The molecule has 0 aliphatic carbocycles. The number of halogens is 2. The van der Waals surface area contributed by atoms with Gasteiger partial charge >= 0.3 is 0 Å². The summed E-state index contributed by atoms with van der Waals surface area (Å²) in [5, 5.41) is 0.550. The van der Waals surface area contributed by atoms with E-state index in [1.807, 2.05) is 37.3 Å². The summed E-state index contributed by atoms with van der Waals surface area (Å²) in [5.74, 6) is 1.20. The molecule has 0 unspecified atom stereocenters. The first-order valence-electron chi connectivity index (χ1n) is 5.05. The fourth-order valence-electron chi connectivity index (χ4n) is 1.40. The lowest BCUT2D eigenvalue weighted by Crippen LogP contribution is -1.93. The van der Waals surface area contributed by atoms with Gasteiger partial charge in [0.05, 0.1) is 10.7 Å². The fraction of sp³-hybridized carbons (Fsp3) is 0.0769. The van der Waals surface area contributed by atoms with E-state index in [9.17, 15) is 0 Å². The van der Waals surface area contributed by atoms with Crippen LogP contribution in [0.2, 0.25) is 5.02 Å². The topological polar surface area (TPSA) is 35.2 Å². The number of anilines is 1. The molecule has 0 atom stereocenters. The first-order chi connectivity index (χ1) is 8.06. The Balaban J connectivity index is 2.37. The molecule has 0 aliphatic rings. The fourth-order valence-corrected chi connectivity index (χ4v) is 1.90. The maximum Gasteiger partial charge on any atom is 0.150 e. The second kappa shape index (κ2) is 4.98. The molecule has 2 rings (SSSR count). The molecule has 0 aromatic heterocycles. The summed E-state index contributed by atoms with van der Waals surface area (Å²) in [5.41, 5.74) is 7.52. The monoisotopic (exact) mass is 311 g/mol. The van der Waals surface area contributed by atoms with Crippen LogP contribution in [0.4, 0.5) is 5.69 Å². The first kappa shape index (κ1) is 12.3. The summed E-state index contributed by atoms with van der Waals surface area (Å²) < 4.78 is 6.62. The Morgan fingerprint density at radius 3 is 2.65 bits per heavy atom. The molecule has 0 fully saturated rings. The number of ether oxygens (including phenoxy) is 1. The average Bonchev–Trinajstić information content (AvgIpc) is 2.28. The van der Waals surface area contributed by atoms with E-state index < -0.39 is 0 Å². The molecule has 2 N–H and O–H groups in total. The number of rotatable bonds is 2. The number of benzene rings is 2. The van der Waals surface area contributed by atoms with Crippen molar-refractivity contribution in [2.75, 3.05) is 5.73 Å². The zero-order valence-corrected chi connectivity index (χ0v) is 11.5. The summed E-state index contributed by atoms with van der Waals surface area (Å²) in [6, 6.07) is 11.1. The van der Waals surface area contributed by atoms with Gasteiger partial charge < -0.3 is 10.5 Å². The van der Waals surface area contributed by atoms with E-state index in [1.54, 1.807) is 6.07 Å². The van der Waals surface area contributed by atoms with Crippen LogP contribution in [0.15, 0.2) is 40.9 Å². The SMILES string of the molecule is Cc1ccc(N)c(Oc2cc(Br)ccc2Cl)c1. The van der Waals surface area contributed by atoms with Gasteiger partial charge in [0.25, 0.3) is 0 Å². The highest BCUT2D eigenvalue weighted by atomic mass is 79.9. The maximum absolute atomic E-state index is 6.05. The summed E-state index contributed by atoms with van der Waals surface area (Å²) in [6.07, 6.45) is 0. The van der Waals surface area contributed by atoms with Gasteiger partial charge in [0.1, 0.15) is 5.75 Å². The molecule has 88 valence electrons. The van der Waals surface area contributed by atoms with Crippen LogP contribution < -0.4 is 10.5 Å². The molecular weight excluding hydrogens is 302 g/mol. The molecule has 2 aromatic rings. The molecule has 2 nitrogen and oxygen atoms in total. The third kappa shape index (κ3) is 2.93. The van der Waals surface area contributed by atoms with E-state index >= 15 is 0 Å². The summed E-state index contributed by atoms with van der Waals surface area (Å²) >= 11 is 9.42. The minimum absolute atomic E-state index is 0.550. The lowest BCUT2D eigenvalue weighted by atomic mass is 10.2. The van der Waals surface area contributed by atoms with E-state index in [4.69, 9.17) is 22.1 Å². The number of nitrogen functional groups attached to an aromatic ring is 1. The van der Waals surface area contributed by atoms with Gasteiger partial charge in [-0.3, -0.25) is 0 Å². The lowest BCUT2D eigenvalue weighted by molar-refractivity contribution is 0.484. The predicted octanol–water partition coefficient (Wildman–Crippen LogP) is 4.79. The van der Waals surface area contributed by atoms with Crippen molar-refractivity contribution in [3.8, 4) is 11.5 Å². The number of hydrogen-bond acceptors (Lipinski definition) is 2. The van der Waals surface area contributed by atoms with Gasteiger partial charge in [-0.25, -0.2) is 0 Å². The van der Waals surface area contributed by atoms with Crippen molar-refractivity contribution in [1.82, 2.24) is 0 Å². The number of aryl methyl sites for hydroxylation is 1. The summed E-state index contributed by atoms with van der Waals surface area (Å²) in [6.45, 7) is 1.98.